The van der Waals surface area contributed by atoms with E-state index in [1.165, 1.54) is 0 Å². The van der Waals surface area contributed by atoms with E-state index in [0.717, 1.165) is 19.3 Å². The van der Waals surface area contributed by atoms with Crippen LogP contribution in [-0.2, 0) is 0 Å². The average molecular weight is 369 g/mol. The van der Waals surface area contributed by atoms with Gasteiger partial charge < -0.3 is 21.3 Å². The van der Waals surface area contributed by atoms with Crippen molar-refractivity contribution in [2.24, 2.45) is 10.8 Å². The van der Waals surface area contributed by atoms with Gasteiger partial charge in [-0.05, 0) is 71.6 Å². The first-order valence-corrected chi connectivity index (χ1v) is 9.63. The van der Waals surface area contributed by atoms with Crippen molar-refractivity contribution in [3.8, 4) is 0 Å². The number of urea groups is 2. The zero-order valence-corrected chi connectivity index (χ0v) is 18.2. The highest BCUT2D eigenvalue weighted by Gasteiger charge is 2.42. The third-order valence-corrected chi connectivity index (χ3v) is 4.43. The third-order valence-electron chi connectivity index (χ3n) is 4.43. The fourth-order valence-electron chi connectivity index (χ4n) is 4.11. The standard InChI is InChI=1S/C20H40N4O2/c1-17(2,3)23-15(25)21-13-20(9)11-14(10-19(7,8)12-20)22-16(26)24-18(4,5)6/h14H,10-13H2,1-9H3,(H2,21,23,25)(H2,22,24,26)/t14-,20-/m1/s1. The SMILES string of the molecule is CC1(C)C[C@@H](NC(=O)NC(C)(C)C)C[C@@](C)(CNC(=O)NC(C)(C)C)C1. The first-order valence-electron chi connectivity index (χ1n) is 9.63. The molecule has 4 amide bonds. The molecule has 0 aromatic carbocycles. The molecule has 1 fully saturated rings. The second-order valence-corrected chi connectivity index (χ2v) is 11.2. The van der Waals surface area contributed by atoms with Crippen LogP contribution in [0.3, 0.4) is 0 Å². The molecule has 1 saturated carbocycles. The number of rotatable bonds is 3. The summed E-state index contributed by atoms with van der Waals surface area (Å²) < 4.78 is 0. The van der Waals surface area contributed by atoms with Gasteiger partial charge in [-0.2, -0.15) is 0 Å². The van der Waals surface area contributed by atoms with Gasteiger partial charge >= 0.3 is 12.1 Å². The molecule has 6 nitrogen and oxygen atoms in total. The predicted molar refractivity (Wildman–Crippen MR) is 107 cm³/mol. The molecule has 0 saturated heterocycles. The molecule has 0 aliphatic heterocycles. The van der Waals surface area contributed by atoms with Crippen molar-refractivity contribution in [1.29, 1.82) is 0 Å². The van der Waals surface area contributed by atoms with Gasteiger partial charge in [-0.3, -0.25) is 0 Å². The van der Waals surface area contributed by atoms with Crippen molar-refractivity contribution >= 4 is 12.1 Å². The summed E-state index contributed by atoms with van der Waals surface area (Å²) in [5, 5.41) is 12.1. The van der Waals surface area contributed by atoms with Crippen LogP contribution in [0.1, 0.15) is 81.6 Å². The van der Waals surface area contributed by atoms with Crippen molar-refractivity contribution in [3.63, 3.8) is 0 Å². The van der Waals surface area contributed by atoms with Gasteiger partial charge in [0.15, 0.2) is 0 Å². The van der Waals surface area contributed by atoms with E-state index in [9.17, 15) is 9.59 Å². The molecule has 0 heterocycles. The maximum absolute atomic E-state index is 12.3. The average Bonchev–Trinajstić information content (AvgIpc) is 2.29. The molecule has 0 bridgehead atoms. The van der Waals surface area contributed by atoms with Gasteiger partial charge in [-0.15, -0.1) is 0 Å². The lowest BCUT2D eigenvalue weighted by molar-refractivity contribution is 0.0743. The van der Waals surface area contributed by atoms with Gasteiger partial charge in [0, 0.05) is 23.7 Å². The Morgan fingerprint density at radius 1 is 0.885 bits per heavy atom. The highest BCUT2D eigenvalue weighted by atomic mass is 16.2. The highest BCUT2D eigenvalue weighted by Crippen LogP contribution is 2.45. The van der Waals surface area contributed by atoms with Crippen molar-refractivity contribution in [2.45, 2.75) is 98.7 Å². The molecular formula is C20H40N4O2. The molecule has 0 aromatic heterocycles. The van der Waals surface area contributed by atoms with E-state index in [0.29, 0.717) is 6.54 Å². The van der Waals surface area contributed by atoms with Crippen LogP contribution in [0.15, 0.2) is 0 Å². The minimum Gasteiger partial charge on any atom is -0.338 e. The quantitative estimate of drug-likeness (QED) is 0.611. The van der Waals surface area contributed by atoms with Gasteiger partial charge in [0.25, 0.3) is 0 Å². The first-order chi connectivity index (χ1) is 11.5. The Kier molecular flexibility index (Phi) is 6.64. The van der Waals surface area contributed by atoms with E-state index in [-0.39, 0.29) is 40.0 Å². The Hall–Kier alpha value is -1.46. The van der Waals surface area contributed by atoms with Crippen LogP contribution >= 0.6 is 0 Å². The zero-order valence-electron chi connectivity index (χ0n) is 18.2. The number of amides is 4. The molecule has 6 heteroatoms. The number of carbonyl (C=O) groups is 2. The molecule has 152 valence electrons. The minimum atomic E-state index is -0.260. The van der Waals surface area contributed by atoms with E-state index in [1.54, 1.807) is 0 Å². The van der Waals surface area contributed by atoms with E-state index in [2.05, 4.69) is 42.0 Å². The summed E-state index contributed by atoms with van der Waals surface area (Å²) in [5.74, 6) is 0. The van der Waals surface area contributed by atoms with Crippen LogP contribution in [0.25, 0.3) is 0 Å². The molecule has 2 atom stereocenters. The van der Waals surface area contributed by atoms with Gasteiger partial charge in [0.1, 0.15) is 0 Å². The van der Waals surface area contributed by atoms with Crippen molar-refractivity contribution in [3.05, 3.63) is 0 Å². The second-order valence-electron chi connectivity index (χ2n) is 11.2. The molecule has 26 heavy (non-hydrogen) atoms. The fraction of sp³-hybridized carbons (Fsp3) is 0.900. The predicted octanol–water partition coefficient (Wildman–Crippen LogP) is 3.77. The monoisotopic (exact) mass is 368 g/mol. The summed E-state index contributed by atoms with van der Waals surface area (Å²) in [6.07, 6.45) is 2.80. The molecule has 0 spiro atoms. The lowest BCUT2D eigenvalue weighted by Crippen LogP contribution is -2.55. The summed E-state index contributed by atoms with van der Waals surface area (Å²) in [7, 11) is 0. The van der Waals surface area contributed by atoms with Crippen LogP contribution in [-0.4, -0.2) is 35.7 Å². The maximum Gasteiger partial charge on any atom is 0.315 e. The van der Waals surface area contributed by atoms with Crippen molar-refractivity contribution in [1.82, 2.24) is 21.3 Å². The van der Waals surface area contributed by atoms with Crippen LogP contribution in [0.5, 0.6) is 0 Å². The van der Waals surface area contributed by atoms with E-state index >= 15 is 0 Å². The smallest absolute Gasteiger partial charge is 0.315 e. The van der Waals surface area contributed by atoms with Gasteiger partial charge in [0.05, 0.1) is 0 Å². The summed E-state index contributed by atoms with van der Waals surface area (Å²) in [6, 6.07) is -0.170. The maximum atomic E-state index is 12.3. The van der Waals surface area contributed by atoms with E-state index < -0.39 is 0 Å². The molecule has 0 unspecified atom stereocenters. The highest BCUT2D eigenvalue weighted by molar-refractivity contribution is 5.75. The molecule has 0 radical (unpaired) electrons. The summed E-state index contributed by atoms with van der Waals surface area (Å²) >= 11 is 0. The van der Waals surface area contributed by atoms with Crippen molar-refractivity contribution < 1.29 is 9.59 Å². The molecule has 4 N–H and O–H groups in total. The Bertz CT molecular complexity index is 517. The Morgan fingerprint density at radius 2 is 1.38 bits per heavy atom. The van der Waals surface area contributed by atoms with Crippen LogP contribution in [0.2, 0.25) is 0 Å². The van der Waals surface area contributed by atoms with Crippen LogP contribution in [0, 0.1) is 10.8 Å². The van der Waals surface area contributed by atoms with Crippen LogP contribution < -0.4 is 21.3 Å². The summed E-state index contributed by atoms with van der Waals surface area (Å²) in [6.45, 7) is 19.1. The first kappa shape index (κ1) is 22.6. The number of hydrogen-bond acceptors (Lipinski definition) is 2. The lowest BCUT2D eigenvalue weighted by atomic mass is 9.62. The van der Waals surface area contributed by atoms with E-state index in [1.807, 2.05) is 41.5 Å². The number of nitrogens with one attached hydrogen (secondary N) is 4. The van der Waals surface area contributed by atoms with Gasteiger partial charge in [-0.1, -0.05) is 20.8 Å². The topological polar surface area (TPSA) is 82.3 Å². The van der Waals surface area contributed by atoms with Crippen LogP contribution in [0.4, 0.5) is 9.59 Å². The Morgan fingerprint density at radius 3 is 1.88 bits per heavy atom. The largest absolute Gasteiger partial charge is 0.338 e. The third kappa shape index (κ3) is 8.77. The number of hydrogen-bond donors (Lipinski definition) is 4. The van der Waals surface area contributed by atoms with Crippen molar-refractivity contribution in [2.75, 3.05) is 6.54 Å². The Labute approximate surface area is 159 Å². The molecule has 1 rings (SSSR count). The Balaban J connectivity index is 2.70. The van der Waals surface area contributed by atoms with E-state index in [4.69, 9.17) is 0 Å². The van der Waals surface area contributed by atoms with Gasteiger partial charge in [-0.25, -0.2) is 9.59 Å². The minimum absolute atomic E-state index is 0.0589. The molecule has 0 aromatic rings. The lowest BCUT2D eigenvalue weighted by Gasteiger charge is -2.47. The fourth-order valence-corrected chi connectivity index (χ4v) is 4.11. The van der Waals surface area contributed by atoms with Gasteiger partial charge in [0.2, 0.25) is 0 Å². The second kappa shape index (κ2) is 7.65. The zero-order chi connectivity index (χ0) is 20.4. The molecular weight excluding hydrogens is 328 g/mol. The summed E-state index contributed by atoms with van der Waals surface area (Å²) in [5.41, 5.74) is -0.471. The normalized spacial score (nSPS) is 26.0. The molecule has 1 aliphatic rings. The molecule has 1 aliphatic carbocycles. The number of carbonyl (C=O) groups excluding carboxylic acids is 2. The summed E-state index contributed by atoms with van der Waals surface area (Å²) in [4.78, 5) is 24.4.